The maximum absolute atomic E-state index is 5.72. The van der Waals surface area contributed by atoms with Gasteiger partial charge in [0, 0.05) is 83.1 Å². The van der Waals surface area contributed by atoms with Gasteiger partial charge in [0.25, 0.3) is 0 Å². The van der Waals surface area contributed by atoms with Gasteiger partial charge < -0.3 is 4.57 Å². The summed E-state index contributed by atoms with van der Waals surface area (Å²) in [6, 6.07) is 105. The highest BCUT2D eigenvalue weighted by Crippen LogP contribution is 2.44. The molecule has 0 radical (unpaired) electrons. The van der Waals surface area contributed by atoms with Crippen molar-refractivity contribution in [3.05, 3.63) is 326 Å². The summed E-state index contributed by atoms with van der Waals surface area (Å²) in [7, 11) is 0. The second-order valence-electron chi connectivity index (χ2n) is 27.7. The SMILES string of the molecule is CC1C=Cc2c(c3ccccc3n2-c2nc(-c3cc(-c4ccccc4)cc(-c4ccccc4)c3)cc(-n3c4ccccc4c4cc(-c5ccc6c(c5)c5ccccc5n6-c5nc(-c6ccc(-n7c8c(c9ccccc97)C=CCC8C)cc6)nc(-n6c7ccccc7c7ccccc76)n5)ccc43)n2)C1. The van der Waals surface area contributed by atoms with Gasteiger partial charge in [-0.3, -0.25) is 18.3 Å². The summed E-state index contributed by atoms with van der Waals surface area (Å²) in [5, 5.41) is 9.18. The molecule has 7 heterocycles. The fourth-order valence-corrected chi connectivity index (χ4v) is 16.8. The Morgan fingerprint density at radius 3 is 1.33 bits per heavy atom. The average molecular weight is 1320 g/mol. The van der Waals surface area contributed by atoms with E-state index >= 15 is 0 Å². The van der Waals surface area contributed by atoms with Crippen molar-refractivity contribution in [3.8, 4) is 85.4 Å². The van der Waals surface area contributed by atoms with Crippen LogP contribution in [-0.4, -0.2) is 47.8 Å². The minimum atomic E-state index is 0.364. The van der Waals surface area contributed by atoms with Crippen LogP contribution in [0.5, 0.6) is 0 Å². The molecule has 0 saturated heterocycles. The number of rotatable bonds is 10. The molecule has 2 atom stereocenters. The molecule has 2 aliphatic rings. The summed E-state index contributed by atoms with van der Waals surface area (Å²) in [6.45, 7) is 4.63. The van der Waals surface area contributed by atoms with E-state index in [0.29, 0.717) is 35.5 Å². The lowest BCUT2D eigenvalue weighted by Crippen LogP contribution is -2.10. The molecule has 0 amide bonds. The molecule has 10 nitrogen and oxygen atoms in total. The molecule has 0 spiro atoms. The average Bonchev–Trinajstić information content (AvgIpc) is 1.60. The van der Waals surface area contributed by atoms with Crippen LogP contribution in [-0.2, 0) is 6.42 Å². The van der Waals surface area contributed by atoms with Crippen molar-refractivity contribution in [1.29, 1.82) is 0 Å². The first-order valence-electron chi connectivity index (χ1n) is 35.6. The van der Waals surface area contributed by atoms with Gasteiger partial charge in [0.2, 0.25) is 17.8 Å². The quantitative estimate of drug-likeness (QED) is 0.136. The van der Waals surface area contributed by atoms with Crippen molar-refractivity contribution in [1.82, 2.24) is 47.8 Å². The number of nitrogens with zero attached hydrogens (tertiary/aromatic N) is 10. The molecule has 10 heteroatoms. The molecule has 0 fully saturated rings. The van der Waals surface area contributed by atoms with E-state index < -0.39 is 0 Å². The van der Waals surface area contributed by atoms with Gasteiger partial charge in [-0.15, -0.1) is 0 Å². The lowest BCUT2D eigenvalue weighted by atomic mass is 9.93. The Morgan fingerprint density at radius 1 is 0.311 bits per heavy atom. The third kappa shape index (κ3) is 9.30. The van der Waals surface area contributed by atoms with Gasteiger partial charge in [0.1, 0.15) is 5.82 Å². The molecular weight excluding hydrogens is 1260 g/mol. The summed E-state index contributed by atoms with van der Waals surface area (Å²) >= 11 is 0. The molecule has 486 valence electrons. The second-order valence-corrected chi connectivity index (χ2v) is 27.7. The number of hydrogen-bond acceptors (Lipinski definition) is 5. The van der Waals surface area contributed by atoms with Crippen LogP contribution < -0.4 is 0 Å². The second kappa shape index (κ2) is 23.1. The third-order valence-electron chi connectivity index (χ3n) is 21.5. The van der Waals surface area contributed by atoms with Gasteiger partial charge in [-0.25, -0.2) is 4.98 Å². The van der Waals surface area contributed by atoms with Crippen molar-refractivity contribution in [2.75, 3.05) is 0 Å². The van der Waals surface area contributed by atoms with Gasteiger partial charge in [0.15, 0.2) is 5.82 Å². The smallest absolute Gasteiger partial charge is 0.240 e. The maximum Gasteiger partial charge on any atom is 0.240 e. The van der Waals surface area contributed by atoms with Crippen LogP contribution in [0.4, 0.5) is 0 Å². The maximum atomic E-state index is 5.72. The van der Waals surface area contributed by atoms with Crippen LogP contribution >= 0.6 is 0 Å². The van der Waals surface area contributed by atoms with Crippen molar-refractivity contribution in [2.45, 2.75) is 32.6 Å². The topological polar surface area (TPSA) is 89.1 Å². The predicted octanol–water partition coefficient (Wildman–Crippen LogP) is 22.9. The summed E-state index contributed by atoms with van der Waals surface area (Å²) in [5.41, 5.74) is 24.0. The monoisotopic (exact) mass is 1320 g/mol. The molecule has 0 N–H and O–H groups in total. The van der Waals surface area contributed by atoms with Crippen molar-refractivity contribution in [3.63, 3.8) is 0 Å². The Morgan fingerprint density at radius 2 is 0.757 bits per heavy atom. The molecule has 0 saturated carbocycles. The summed E-state index contributed by atoms with van der Waals surface area (Å²) in [4.78, 5) is 27.9. The first kappa shape index (κ1) is 58.6. The molecule has 0 bridgehead atoms. The molecule has 103 heavy (non-hydrogen) atoms. The van der Waals surface area contributed by atoms with Gasteiger partial charge in [0.05, 0.1) is 55.5 Å². The zero-order chi connectivity index (χ0) is 68.0. The standard InChI is InChI=1S/C93H64N10/c1-57-40-47-86-75(50-57)71-30-13-19-38-83(71)102(86)91-94-78(66-52-64(59-23-5-3-6-24-59)51-65(53-66)60-25-7-4-8-26-60)56-88(95-91)100-80-35-16-12-31-72(80)76-54-62(43-48-85(76)100)63-44-49-87-77(55-63)73-32-14-20-39-84(73)103(87)93-97-90(96-92(98-93)101-81-36-17-9-27-68(81)69-28-10-18-37-82(69)101)61-41-45-67(46-42-61)99-79-34-15-11-29-70(79)74-33-21-22-58(2)89(74)99/h3-21,23-49,51-58H,22,50H2,1-2H3. The molecule has 2 aliphatic carbocycles. The highest BCUT2D eigenvalue weighted by molar-refractivity contribution is 6.13. The number of benzene rings is 12. The lowest BCUT2D eigenvalue weighted by molar-refractivity contribution is 0.716. The highest BCUT2D eigenvalue weighted by Gasteiger charge is 2.28. The van der Waals surface area contributed by atoms with E-state index in [1.165, 1.54) is 33.1 Å². The Kier molecular flexibility index (Phi) is 13.2. The zero-order valence-electron chi connectivity index (χ0n) is 56.6. The van der Waals surface area contributed by atoms with Crippen LogP contribution in [0.25, 0.3) is 185 Å². The lowest BCUT2D eigenvalue weighted by Gasteiger charge is -2.19. The molecule has 2 unspecified atom stereocenters. The summed E-state index contributed by atoms with van der Waals surface area (Å²) in [6.07, 6.45) is 11.1. The fourth-order valence-electron chi connectivity index (χ4n) is 16.8. The molecule has 12 aromatic carbocycles. The highest BCUT2D eigenvalue weighted by atomic mass is 15.3. The van der Waals surface area contributed by atoms with Gasteiger partial charge in [-0.05, 0) is 167 Å². The zero-order valence-corrected chi connectivity index (χ0v) is 56.6. The molecular formula is C93H64N10. The van der Waals surface area contributed by atoms with E-state index in [1.807, 2.05) is 0 Å². The third-order valence-corrected chi connectivity index (χ3v) is 21.5. The van der Waals surface area contributed by atoms with Crippen LogP contribution in [0.3, 0.4) is 0 Å². The van der Waals surface area contributed by atoms with Crippen LogP contribution in [0.1, 0.15) is 48.7 Å². The largest absolute Gasteiger partial charge is 0.313 e. The van der Waals surface area contributed by atoms with Crippen molar-refractivity contribution in [2.24, 2.45) is 5.92 Å². The number of aromatic nitrogens is 10. The Bertz CT molecular complexity index is 6660. The van der Waals surface area contributed by atoms with E-state index in [9.17, 15) is 0 Å². The van der Waals surface area contributed by atoms with E-state index in [0.717, 1.165) is 151 Å². The minimum absolute atomic E-state index is 0.364. The Balaban J connectivity index is 0.728. The first-order chi connectivity index (χ1) is 50.9. The van der Waals surface area contributed by atoms with Gasteiger partial charge in [-0.2, -0.15) is 19.9 Å². The molecule has 0 aliphatic heterocycles. The van der Waals surface area contributed by atoms with Crippen LogP contribution in [0.2, 0.25) is 0 Å². The normalized spacial score (nSPS) is 14.3. The van der Waals surface area contributed by atoms with E-state index in [2.05, 4.69) is 352 Å². The van der Waals surface area contributed by atoms with E-state index in [4.69, 9.17) is 24.9 Å². The molecule has 7 aromatic heterocycles. The molecule has 21 rings (SSSR count). The minimum Gasteiger partial charge on any atom is -0.313 e. The van der Waals surface area contributed by atoms with Crippen molar-refractivity contribution < 1.29 is 0 Å². The van der Waals surface area contributed by atoms with E-state index in [-0.39, 0.29) is 0 Å². The van der Waals surface area contributed by atoms with Crippen LogP contribution in [0, 0.1) is 5.92 Å². The van der Waals surface area contributed by atoms with Gasteiger partial charge >= 0.3 is 0 Å². The Labute approximate surface area is 593 Å². The fraction of sp³-hybridized carbons (Fsp3) is 0.0645. The predicted molar refractivity (Wildman–Crippen MR) is 423 cm³/mol. The summed E-state index contributed by atoms with van der Waals surface area (Å²) in [5.74, 6) is 3.79. The van der Waals surface area contributed by atoms with Gasteiger partial charge in [-0.1, -0.05) is 214 Å². The number of fused-ring (bicyclic) bond motifs is 15. The van der Waals surface area contributed by atoms with Crippen LogP contribution in [0.15, 0.2) is 303 Å². The first-order valence-corrected chi connectivity index (χ1v) is 35.6. The van der Waals surface area contributed by atoms with E-state index in [1.54, 1.807) is 0 Å². The number of allylic oxidation sites excluding steroid dienone is 2. The summed E-state index contributed by atoms with van der Waals surface area (Å²) < 4.78 is 11.5. The molecule has 19 aromatic rings. The Hall–Kier alpha value is -13.3. The number of para-hydroxylation sites is 6. The number of hydrogen-bond donors (Lipinski definition) is 0. The van der Waals surface area contributed by atoms with Crippen molar-refractivity contribution >= 4 is 99.4 Å².